The molecule has 6 nitrogen and oxygen atoms in total. The fraction of sp³-hybridized carbons (Fsp3) is 0.714. The number of morpholine rings is 1. The van der Waals surface area contributed by atoms with Crippen molar-refractivity contribution in [3.05, 3.63) is 17.5 Å². The fourth-order valence-electron chi connectivity index (χ4n) is 2.33. The number of rotatable bonds is 4. The first kappa shape index (κ1) is 15.0. The average molecular weight is 281 g/mol. The maximum atomic E-state index is 10.9. The van der Waals surface area contributed by atoms with Crippen LogP contribution in [0.2, 0.25) is 0 Å². The van der Waals surface area contributed by atoms with Gasteiger partial charge in [0.25, 0.3) is 0 Å². The third-order valence-corrected chi connectivity index (χ3v) is 3.53. The molecule has 1 aromatic heterocycles. The number of H-pyrrole nitrogens is 1. The maximum absolute atomic E-state index is 10.9. The van der Waals surface area contributed by atoms with Crippen molar-refractivity contribution in [2.75, 3.05) is 19.8 Å². The summed E-state index contributed by atoms with van der Waals surface area (Å²) in [6, 6.07) is 2.00. The molecule has 2 N–H and O–H groups in total. The normalized spacial score (nSPS) is 21.1. The van der Waals surface area contributed by atoms with Crippen molar-refractivity contribution in [1.29, 1.82) is 0 Å². The number of aromatic amines is 1. The molecule has 2 rings (SSSR count). The Morgan fingerprint density at radius 2 is 2.35 bits per heavy atom. The summed E-state index contributed by atoms with van der Waals surface area (Å²) in [6.45, 7) is 8.92. The molecule has 0 saturated carbocycles. The number of nitrogens with zero attached hydrogens (tertiary/aromatic N) is 2. The van der Waals surface area contributed by atoms with Crippen molar-refractivity contribution in [2.24, 2.45) is 0 Å². The molecule has 1 fully saturated rings. The van der Waals surface area contributed by atoms with Crippen LogP contribution in [-0.4, -0.2) is 52.0 Å². The van der Waals surface area contributed by atoms with Gasteiger partial charge in [-0.25, -0.2) is 0 Å². The molecule has 1 atom stereocenters. The van der Waals surface area contributed by atoms with Crippen molar-refractivity contribution in [2.45, 2.75) is 45.2 Å². The monoisotopic (exact) mass is 281 g/mol. The lowest BCUT2D eigenvalue weighted by Crippen LogP contribution is -2.45. The third kappa shape index (κ3) is 3.80. The summed E-state index contributed by atoms with van der Waals surface area (Å²) in [5, 5.41) is 16.4. The lowest BCUT2D eigenvalue weighted by molar-refractivity contribution is -0.140. The van der Waals surface area contributed by atoms with Crippen molar-refractivity contribution >= 4 is 5.97 Å². The van der Waals surface area contributed by atoms with Gasteiger partial charge in [0.05, 0.1) is 25.3 Å². The lowest BCUT2D eigenvalue weighted by Gasteiger charge is -2.34. The Hall–Kier alpha value is -1.40. The van der Waals surface area contributed by atoms with E-state index in [9.17, 15) is 4.79 Å². The second kappa shape index (κ2) is 5.93. The third-order valence-electron chi connectivity index (χ3n) is 3.53. The van der Waals surface area contributed by atoms with Crippen LogP contribution >= 0.6 is 0 Å². The number of aliphatic carboxylic acids is 1. The van der Waals surface area contributed by atoms with Crippen molar-refractivity contribution < 1.29 is 14.6 Å². The standard InChI is InChI=1S/C14H23N3O3/c1-14(2,3)12-6-10(15-16-12)8-17-4-5-20-9-11(17)7-13(18)19/h6,11H,4-5,7-9H2,1-3H3,(H,15,16)(H,18,19)/t11-/m1/s1. The van der Waals surface area contributed by atoms with Crippen LogP contribution in [0, 0.1) is 0 Å². The summed E-state index contributed by atoms with van der Waals surface area (Å²) in [5.74, 6) is -0.787. The summed E-state index contributed by atoms with van der Waals surface area (Å²) >= 11 is 0. The molecular weight excluding hydrogens is 258 g/mol. The zero-order valence-corrected chi connectivity index (χ0v) is 12.3. The van der Waals surface area contributed by atoms with Crippen LogP contribution < -0.4 is 0 Å². The molecule has 0 radical (unpaired) electrons. The predicted octanol–water partition coefficient (Wildman–Crippen LogP) is 1.38. The summed E-state index contributed by atoms with van der Waals surface area (Å²) in [6.07, 6.45) is 0.111. The molecule has 0 unspecified atom stereocenters. The Morgan fingerprint density at radius 1 is 1.60 bits per heavy atom. The van der Waals surface area contributed by atoms with Gasteiger partial charge < -0.3 is 9.84 Å². The summed E-state index contributed by atoms with van der Waals surface area (Å²) < 4.78 is 5.38. The SMILES string of the molecule is CC(C)(C)c1cc(CN2CCOC[C@H]2CC(=O)O)[nH]n1. The molecule has 6 heteroatoms. The number of ether oxygens (including phenoxy) is 1. The number of nitrogens with one attached hydrogen (secondary N) is 1. The minimum Gasteiger partial charge on any atom is -0.481 e. The Kier molecular flexibility index (Phi) is 4.45. The molecule has 1 aliphatic heterocycles. The van der Waals surface area contributed by atoms with Gasteiger partial charge in [0.1, 0.15) is 0 Å². The van der Waals surface area contributed by atoms with Gasteiger partial charge in [-0.2, -0.15) is 5.10 Å². The highest BCUT2D eigenvalue weighted by Crippen LogP contribution is 2.21. The van der Waals surface area contributed by atoms with Crippen LogP contribution in [0.5, 0.6) is 0 Å². The molecule has 0 amide bonds. The molecule has 0 aromatic carbocycles. The molecular formula is C14H23N3O3. The van der Waals surface area contributed by atoms with Gasteiger partial charge in [-0.1, -0.05) is 20.8 Å². The first-order valence-corrected chi connectivity index (χ1v) is 6.94. The van der Waals surface area contributed by atoms with E-state index in [1.807, 2.05) is 0 Å². The van der Waals surface area contributed by atoms with Crippen molar-refractivity contribution in [3.8, 4) is 0 Å². The van der Waals surface area contributed by atoms with E-state index in [0.717, 1.165) is 17.9 Å². The van der Waals surface area contributed by atoms with Crippen LogP contribution in [0.1, 0.15) is 38.6 Å². The number of hydrogen-bond acceptors (Lipinski definition) is 4. The lowest BCUT2D eigenvalue weighted by atomic mass is 9.92. The van der Waals surface area contributed by atoms with Gasteiger partial charge in [0.15, 0.2) is 0 Å². The van der Waals surface area contributed by atoms with Crippen LogP contribution in [0.15, 0.2) is 6.07 Å². The molecule has 1 saturated heterocycles. The molecule has 0 spiro atoms. The van der Waals surface area contributed by atoms with Gasteiger partial charge >= 0.3 is 5.97 Å². The number of aromatic nitrogens is 2. The highest BCUT2D eigenvalue weighted by molar-refractivity contribution is 5.67. The van der Waals surface area contributed by atoms with Crippen molar-refractivity contribution in [1.82, 2.24) is 15.1 Å². The van der Waals surface area contributed by atoms with Gasteiger partial charge in [-0.15, -0.1) is 0 Å². The summed E-state index contributed by atoms with van der Waals surface area (Å²) in [5.41, 5.74) is 2.06. The number of carboxylic acids is 1. The van der Waals surface area contributed by atoms with E-state index in [-0.39, 0.29) is 17.9 Å². The number of carbonyl (C=O) groups is 1. The Balaban J connectivity index is 2.03. The van der Waals surface area contributed by atoms with Crippen LogP contribution in [0.3, 0.4) is 0 Å². The van der Waals surface area contributed by atoms with E-state index in [4.69, 9.17) is 9.84 Å². The fourth-order valence-corrected chi connectivity index (χ4v) is 2.33. The smallest absolute Gasteiger partial charge is 0.305 e. The van der Waals surface area contributed by atoms with E-state index in [1.165, 1.54) is 0 Å². The molecule has 0 bridgehead atoms. The van der Waals surface area contributed by atoms with E-state index in [1.54, 1.807) is 0 Å². The van der Waals surface area contributed by atoms with E-state index >= 15 is 0 Å². The average Bonchev–Trinajstić information content (AvgIpc) is 2.79. The van der Waals surface area contributed by atoms with Crippen LogP contribution in [-0.2, 0) is 21.5 Å². The summed E-state index contributed by atoms with van der Waals surface area (Å²) in [4.78, 5) is 13.0. The number of hydrogen-bond donors (Lipinski definition) is 2. The summed E-state index contributed by atoms with van der Waals surface area (Å²) in [7, 11) is 0. The van der Waals surface area contributed by atoms with E-state index in [2.05, 4.69) is 41.9 Å². The Labute approximate surface area is 119 Å². The van der Waals surface area contributed by atoms with Gasteiger partial charge in [0.2, 0.25) is 0 Å². The molecule has 112 valence electrons. The Morgan fingerprint density at radius 3 is 2.95 bits per heavy atom. The molecule has 0 aliphatic carbocycles. The first-order chi connectivity index (χ1) is 9.36. The Bertz CT molecular complexity index is 464. The molecule has 1 aromatic rings. The van der Waals surface area contributed by atoms with Crippen LogP contribution in [0.4, 0.5) is 0 Å². The van der Waals surface area contributed by atoms with Gasteiger partial charge in [-0.3, -0.25) is 14.8 Å². The van der Waals surface area contributed by atoms with Gasteiger partial charge in [0, 0.05) is 30.2 Å². The van der Waals surface area contributed by atoms with Crippen molar-refractivity contribution in [3.63, 3.8) is 0 Å². The molecule has 1 aliphatic rings. The topological polar surface area (TPSA) is 78.5 Å². The largest absolute Gasteiger partial charge is 0.481 e. The van der Waals surface area contributed by atoms with E-state index < -0.39 is 5.97 Å². The zero-order valence-electron chi connectivity index (χ0n) is 12.3. The second-order valence-electron chi connectivity index (χ2n) is 6.33. The zero-order chi connectivity index (χ0) is 14.8. The van der Waals surface area contributed by atoms with Crippen LogP contribution in [0.25, 0.3) is 0 Å². The van der Waals surface area contributed by atoms with E-state index in [0.29, 0.717) is 19.8 Å². The molecule has 2 heterocycles. The minimum atomic E-state index is -0.787. The second-order valence-corrected chi connectivity index (χ2v) is 6.33. The highest BCUT2D eigenvalue weighted by atomic mass is 16.5. The first-order valence-electron chi connectivity index (χ1n) is 6.94. The maximum Gasteiger partial charge on any atom is 0.305 e. The predicted molar refractivity (Wildman–Crippen MR) is 74.6 cm³/mol. The highest BCUT2D eigenvalue weighted by Gasteiger charge is 2.26. The number of carboxylic acid groups (broad SMARTS) is 1. The van der Waals surface area contributed by atoms with Gasteiger partial charge in [-0.05, 0) is 6.07 Å². The quantitative estimate of drug-likeness (QED) is 0.872. The molecule has 20 heavy (non-hydrogen) atoms. The minimum absolute atomic E-state index is 0.0141.